The Morgan fingerprint density at radius 3 is 1.05 bits per heavy atom. The SMILES string of the molecule is O=[N+]([O-])c1ccc(N/N=C/c2ccc(OCCCOc3c4cccc3Cc3cccc(c3O)Cc3cccc(c3OCCCOc3ccc(/C=N/Nc5ccc([N+](=O)[O-])cc5[N+](=O)[O-])cc3)Cc3cccc(c3O)C4)cc2)c([N+](=O)[O-])c1. The van der Waals surface area contributed by atoms with Crippen LogP contribution in [0.1, 0.15) is 68.5 Å². The molecule has 8 bridgehead atoms. The van der Waals surface area contributed by atoms with E-state index in [2.05, 4.69) is 21.1 Å². The number of rotatable bonds is 22. The molecule has 4 N–H and O–H groups in total. The summed E-state index contributed by atoms with van der Waals surface area (Å²) in [4.78, 5) is 42.2. The second-order valence-corrected chi connectivity index (χ2v) is 18.8. The maximum absolute atomic E-state index is 11.9. The van der Waals surface area contributed by atoms with Gasteiger partial charge in [0.05, 0.1) is 70.7 Å². The van der Waals surface area contributed by atoms with Gasteiger partial charge in [-0.1, -0.05) is 72.8 Å². The van der Waals surface area contributed by atoms with Crippen molar-refractivity contribution in [2.24, 2.45) is 10.2 Å². The van der Waals surface area contributed by atoms with Crippen LogP contribution in [0.5, 0.6) is 34.5 Å². The zero-order chi connectivity index (χ0) is 57.5. The van der Waals surface area contributed by atoms with Gasteiger partial charge in [-0.15, -0.1) is 0 Å². The smallest absolute Gasteiger partial charge is 0.301 e. The highest BCUT2D eigenvalue weighted by atomic mass is 16.6. The first kappa shape index (κ1) is 55.8. The summed E-state index contributed by atoms with van der Waals surface area (Å²) in [5.74, 6) is 2.82. The second kappa shape index (κ2) is 26.2. The average molecular weight is 1110 g/mol. The third-order valence-electron chi connectivity index (χ3n) is 13.2. The Morgan fingerprint density at radius 2 is 0.732 bits per heavy atom. The first-order chi connectivity index (χ1) is 39.8. The third kappa shape index (κ3) is 14.0. The van der Waals surface area contributed by atoms with Crippen molar-refractivity contribution in [1.82, 2.24) is 0 Å². The van der Waals surface area contributed by atoms with Gasteiger partial charge in [0.2, 0.25) is 0 Å². The van der Waals surface area contributed by atoms with Crippen LogP contribution in [0, 0.1) is 40.5 Å². The summed E-state index contributed by atoms with van der Waals surface area (Å²) in [6.07, 6.45) is 5.37. The maximum Gasteiger partial charge on any atom is 0.301 e. The molecule has 0 radical (unpaired) electrons. The first-order valence-electron chi connectivity index (χ1n) is 25.7. The van der Waals surface area contributed by atoms with Gasteiger partial charge < -0.3 is 29.2 Å². The number of nitro benzene ring substituents is 4. The second-order valence-electron chi connectivity index (χ2n) is 18.8. The van der Waals surface area contributed by atoms with E-state index < -0.39 is 42.4 Å². The lowest BCUT2D eigenvalue weighted by atomic mass is 9.91. The van der Waals surface area contributed by atoms with Gasteiger partial charge in [-0.05, 0) is 116 Å². The minimum atomic E-state index is -0.724. The van der Waals surface area contributed by atoms with Gasteiger partial charge in [0.15, 0.2) is 0 Å². The predicted octanol–water partition coefficient (Wildman–Crippen LogP) is 12.0. The third-order valence-corrected chi connectivity index (χ3v) is 13.2. The monoisotopic (exact) mass is 1110 g/mol. The predicted molar refractivity (Wildman–Crippen MR) is 306 cm³/mol. The number of benzene rings is 8. The van der Waals surface area contributed by atoms with E-state index in [9.17, 15) is 50.7 Å². The number of phenolic OH excluding ortho intramolecular Hbond substituents is 2. The molecule has 9 rings (SSSR count). The van der Waals surface area contributed by atoms with E-state index in [-0.39, 0.29) is 22.9 Å². The van der Waals surface area contributed by atoms with Crippen LogP contribution in [0.2, 0.25) is 0 Å². The number of hydrogen-bond donors (Lipinski definition) is 4. The summed E-state index contributed by atoms with van der Waals surface area (Å²) in [6, 6.07) is 43.8. The molecule has 22 nitrogen and oxygen atoms in total. The van der Waals surface area contributed by atoms with Crippen LogP contribution in [0.4, 0.5) is 34.1 Å². The number of nitro groups is 4. The number of aromatic hydroxyl groups is 2. The van der Waals surface area contributed by atoms with E-state index in [4.69, 9.17) is 18.9 Å². The Bertz CT molecular complexity index is 3400. The van der Waals surface area contributed by atoms with Gasteiger partial charge in [0, 0.05) is 50.7 Å². The number of ether oxygens (including phenoxy) is 4. The molecule has 8 aromatic rings. The molecule has 82 heavy (non-hydrogen) atoms. The number of anilines is 2. The summed E-state index contributed by atoms with van der Waals surface area (Å²) in [6.45, 7) is 1.24. The van der Waals surface area contributed by atoms with Crippen LogP contribution >= 0.6 is 0 Å². The number of fused-ring (bicyclic) bond motifs is 8. The summed E-state index contributed by atoms with van der Waals surface area (Å²) < 4.78 is 25.2. The molecule has 22 heteroatoms. The first-order valence-corrected chi connectivity index (χ1v) is 25.7. The highest BCUT2D eigenvalue weighted by Gasteiger charge is 2.23. The molecule has 1 aliphatic carbocycles. The fraction of sp³-hybridized carbons (Fsp3) is 0.167. The van der Waals surface area contributed by atoms with Gasteiger partial charge in [-0.25, -0.2) is 0 Å². The standard InChI is InChI=1S/C60H52N8O14/c69-57-41-7-1-8-42(57)32-46-12-4-14-48(60(46)82-30-6-28-80-52-23-17-40(18-24-52)38-62-64-54-26-20-50(66(73)74)36-56(54)68(77)78)34-44-10-2-9-43(58(44)70)33-47-13-3-11-45(31-41)59(47)81-29-5-27-79-51-21-15-39(16-22-51)37-61-63-53-25-19-49(65(71)72)35-55(53)67(75)76/h1-4,7-26,35-38,63-64,69-70H,5-6,27-34H2/b61-37+,62-38+. The van der Waals surface area contributed by atoms with Gasteiger partial charge in [-0.3, -0.25) is 51.3 Å². The Labute approximate surface area is 468 Å². The lowest BCUT2D eigenvalue weighted by molar-refractivity contribution is -0.393. The quantitative estimate of drug-likeness (QED) is 0.0212. The van der Waals surface area contributed by atoms with Crippen molar-refractivity contribution in [3.63, 3.8) is 0 Å². The molecule has 0 saturated heterocycles. The van der Waals surface area contributed by atoms with Crippen molar-refractivity contribution in [1.29, 1.82) is 0 Å². The van der Waals surface area contributed by atoms with Crippen LogP contribution < -0.4 is 29.8 Å². The minimum absolute atomic E-state index is 0.000244. The van der Waals surface area contributed by atoms with E-state index >= 15 is 0 Å². The van der Waals surface area contributed by atoms with Crippen LogP contribution in [-0.2, 0) is 25.7 Å². The molecule has 0 fully saturated rings. The Kier molecular flexibility index (Phi) is 17.8. The van der Waals surface area contributed by atoms with Crippen molar-refractivity contribution in [3.8, 4) is 34.5 Å². The lowest BCUT2D eigenvalue weighted by Gasteiger charge is -2.20. The van der Waals surface area contributed by atoms with Crippen LogP contribution in [0.3, 0.4) is 0 Å². The average Bonchev–Trinajstić information content (AvgIpc) is 3.57. The number of non-ortho nitro benzene ring substituents is 2. The van der Waals surface area contributed by atoms with Crippen molar-refractivity contribution >= 4 is 46.6 Å². The number of nitrogens with one attached hydrogen (secondary N) is 2. The molecule has 0 heterocycles. The number of phenols is 2. The Hall–Kier alpha value is -10.9. The summed E-state index contributed by atoms with van der Waals surface area (Å²) >= 11 is 0. The van der Waals surface area contributed by atoms with E-state index in [1.165, 1.54) is 24.6 Å². The summed E-state index contributed by atoms with van der Waals surface area (Å²) in [5.41, 5.74) is 10.9. The fourth-order valence-electron chi connectivity index (χ4n) is 9.14. The van der Waals surface area contributed by atoms with Crippen molar-refractivity contribution in [3.05, 3.63) is 254 Å². The molecule has 0 unspecified atom stereocenters. The van der Waals surface area contributed by atoms with E-state index in [1.54, 1.807) is 48.5 Å². The molecule has 0 saturated carbocycles. The number of nitrogens with zero attached hydrogens (tertiary/aromatic N) is 6. The highest BCUT2D eigenvalue weighted by Crippen LogP contribution is 2.39. The molecule has 0 aliphatic heterocycles. The lowest BCUT2D eigenvalue weighted by Crippen LogP contribution is -2.09. The number of para-hydroxylation sites is 4. The zero-order valence-electron chi connectivity index (χ0n) is 43.7. The van der Waals surface area contributed by atoms with E-state index in [0.717, 1.165) is 46.5 Å². The molecule has 0 atom stereocenters. The Balaban J connectivity index is 0.828. The van der Waals surface area contributed by atoms with Gasteiger partial charge in [0.25, 0.3) is 11.4 Å². The largest absolute Gasteiger partial charge is 0.507 e. The molecule has 416 valence electrons. The zero-order valence-corrected chi connectivity index (χ0v) is 43.7. The van der Waals surface area contributed by atoms with Crippen molar-refractivity contribution < 1.29 is 48.9 Å². The fourth-order valence-corrected chi connectivity index (χ4v) is 9.14. The normalized spacial score (nSPS) is 11.9. The molecule has 1 aliphatic rings. The topological polar surface area (TPSA) is 299 Å². The minimum Gasteiger partial charge on any atom is -0.507 e. The van der Waals surface area contributed by atoms with Crippen LogP contribution in [0.25, 0.3) is 0 Å². The van der Waals surface area contributed by atoms with Gasteiger partial charge >= 0.3 is 11.4 Å². The molecular formula is C60H52N8O14. The van der Waals surface area contributed by atoms with E-state index in [1.807, 2.05) is 72.8 Å². The van der Waals surface area contributed by atoms with Crippen molar-refractivity contribution in [2.45, 2.75) is 38.5 Å². The van der Waals surface area contributed by atoms with Crippen LogP contribution in [0.15, 0.2) is 168 Å². The van der Waals surface area contributed by atoms with Gasteiger partial charge in [-0.2, -0.15) is 10.2 Å². The molecule has 8 aromatic carbocycles. The molecule has 0 spiro atoms. The molecule has 0 aromatic heterocycles. The van der Waals surface area contributed by atoms with Gasteiger partial charge in [0.1, 0.15) is 45.9 Å². The summed E-state index contributed by atoms with van der Waals surface area (Å²) in [5, 5.41) is 77.1. The summed E-state index contributed by atoms with van der Waals surface area (Å²) in [7, 11) is 0. The molecule has 0 amide bonds. The maximum atomic E-state index is 11.9. The number of hydrogen-bond acceptors (Lipinski definition) is 18. The van der Waals surface area contributed by atoms with Crippen LogP contribution in [-0.4, -0.2) is 68.8 Å². The van der Waals surface area contributed by atoms with Crippen molar-refractivity contribution in [2.75, 3.05) is 37.3 Å². The highest BCUT2D eigenvalue weighted by molar-refractivity contribution is 5.82. The molecular weight excluding hydrogens is 1060 g/mol. The Morgan fingerprint density at radius 1 is 0.415 bits per heavy atom. The van der Waals surface area contributed by atoms with E-state index in [0.29, 0.717) is 121 Å². The number of hydrazone groups is 2.